The van der Waals surface area contributed by atoms with E-state index in [1.54, 1.807) is 0 Å². The van der Waals surface area contributed by atoms with E-state index in [9.17, 15) is 4.79 Å². The van der Waals surface area contributed by atoms with E-state index in [0.29, 0.717) is 5.92 Å². The Morgan fingerprint density at radius 2 is 1.93 bits per heavy atom. The van der Waals surface area contributed by atoms with Crippen LogP contribution in [-0.2, 0) is 17.6 Å². The topological polar surface area (TPSA) is 17.1 Å². The van der Waals surface area contributed by atoms with Crippen molar-refractivity contribution in [3.8, 4) is 0 Å². The van der Waals surface area contributed by atoms with Crippen molar-refractivity contribution in [3.05, 3.63) is 34.9 Å². The average molecular weight is 202 g/mol. The van der Waals surface area contributed by atoms with Crippen LogP contribution in [0, 0.1) is 18.3 Å². The number of hydrogen-bond acceptors (Lipinski definition) is 1. The second kappa shape index (κ2) is 3.48. The van der Waals surface area contributed by atoms with Crippen LogP contribution in [0.25, 0.3) is 0 Å². The Kier molecular flexibility index (Phi) is 2.41. The van der Waals surface area contributed by atoms with Gasteiger partial charge in [-0.3, -0.25) is 0 Å². The molecule has 1 nitrogen and oxygen atoms in total. The summed E-state index contributed by atoms with van der Waals surface area (Å²) in [5.41, 5.74) is 4.00. The van der Waals surface area contributed by atoms with Gasteiger partial charge in [0.25, 0.3) is 0 Å². The summed E-state index contributed by atoms with van der Waals surface area (Å²) in [5.74, 6) is 0.479. The van der Waals surface area contributed by atoms with Crippen LogP contribution in [0.4, 0.5) is 0 Å². The largest absolute Gasteiger partial charge is 0.303 e. The quantitative estimate of drug-likeness (QED) is 0.674. The highest BCUT2D eigenvalue weighted by molar-refractivity contribution is 5.59. The fourth-order valence-electron chi connectivity index (χ4n) is 2.37. The van der Waals surface area contributed by atoms with Gasteiger partial charge >= 0.3 is 0 Å². The van der Waals surface area contributed by atoms with Crippen molar-refractivity contribution in [1.29, 1.82) is 0 Å². The number of carbonyl (C=O) groups excluding carboxylic acids is 1. The van der Waals surface area contributed by atoms with Crippen LogP contribution in [0.3, 0.4) is 0 Å². The molecule has 1 aliphatic rings. The fourth-order valence-corrected chi connectivity index (χ4v) is 2.37. The molecule has 0 saturated carbocycles. The Morgan fingerprint density at radius 1 is 1.27 bits per heavy atom. The lowest BCUT2D eigenvalue weighted by Gasteiger charge is -2.24. The van der Waals surface area contributed by atoms with Crippen LogP contribution in [0.5, 0.6) is 0 Å². The maximum Gasteiger partial charge on any atom is 0.125 e. The molecule has 1 aliphatic carbocycles. The molecule has 1 unspecified atom stereocenters. The number of aryl methyl sites for hydroxylation is 1. The number of carbonyl (C=O) groups is 1. The molecule has 0 heterocycles. The number of aldehydes is 1. The number of hydrogen-bond donors (Lipinski definition) is 0. The summed E-state index contributed by atoms with van der Waals surface area (Å²) in [7, 11) is 0. The molecule has 1 atom stereocenters. The van der Waals surface area contributed by atoms with Gasteiger partial charge in [-0.25, -0.2) is 0 Å². The monoisotopic (exact) mass is 202 g/mol. The highest BCUT2D eigenvalue weighted by Gasteiger charge is 2.34. The Balaban J connectivity index is 2.26. The standard InChI is InChI=1S/C14H18O/c1-10-4-5-11-7-13(8-12(11)6-10)14(2,3)9-15/h4-6,9,13H,7-8H2,1-3H3. The molecule has 80 valence electrons. The highest BCUT2D eigenvalue weighted by atomic mass is 16.1. The molecule has 1 aromatic carbocycles. The van der Waals surface area contributed by atoms with E-state index in [-0.39, 0.29) is 5.41 Å². The van der Waals surface area contributed by atoms with Gasteiger partial charge in [-0.2, -0.15) is 0 Å². The molecule has 0 fully saturated rings. The summed E-state index contributed by atoms with van der Waals surface area (Å²) in [6, 6.07) is 6.64. The van der Waals surface area contributed by atoms with Gasteiger partial charge in [0.05, 0.1) is 0 Å². The minimum absolute atomic E-state index is 0.188. The van der Waals surface area contributed by atoms with Crippen LogP contribution in [-0.4, -0.2) is 6.29 Å². The minimum Gasteiger partial charge on any atom is -0.303 e. The molecule has 0 spiro atoms. The maximum absolute atomic E-state index is 11.0. The normalized spacial score (nSPS) is 20.1. The summed E-state index contributed by atoms with van der Waals surface area (Å²) < 4.78 is 0. The molecule has 0 aromatic heterocycles. The van der Waals surface area contributed by atoms with Crippen LogP contribution >= 0.6 is 0 Å². The lowest BCUT2D eigenvalue weighted by Crippen LogP contribution is -2.25. The van der Waals surface area contributed by atoms with Crippen LogP contribution < -0.4 is 0 Å². The SMILES string of the molecule is Cc1ccc2c(c1)CC(C(C)(C)C=O)C2. The van der Waals surface area contributed by atoms with Crippen molar-refractivity contribution in [2.24, 2.45) is 11.3 Å². The first-order valence-corrected chi connectivity index (χ1v) is 5.57. The second-order valence-electron chi connectivity index (χ2n) is 5.32. The molecule has 2 rings (SSSR count). The zero-order valence-electron chi connectivity index (χ0n) is 9.71. The van der Waals surface area contributed by atoms with E-state index >= 15 is 0 Å². The summed E-state index contributed by atoms with van der Waals surface area (Å²) in [6.07, 6.45) is 3.22. The maximum atomic E-state index is 11.0. The Hall–Kier alpha value is -1.11. The summed E-state index contributed by atoms with van der Waals surface area (Å²) in [6.45, 7) is 6.21. The molecule has 1 aromatic rings. The third-order valence-corrected chi connectivity index (χ3v) is 3.65. The zero-order valence-corrected chi connectivity index (χ0v) is 9.71. The van der Waals surface area contributed by atoms with E-state index in [4.69, 9.17) is 0 Å². The molecule has 1 heteroatoms. The van der Waals surface area contributed by atoms with Gasteiger partial charge in [-0.15, -0.1) is 0 Å². The van der Waals surface area contributed by atoms with E-state index < -0.39 is 0 Å². The van der Waals surface area contributed by atoms with Gasteiger partial charge < -0.3 is 4.79 Å². The van der Waals surface area contributed by atoms with Gasteiger partial charge in [0.1, 0.15) is 6.29 Å². The molecule has 0 N–H and O–H groups in total. The molecular formula is C14H18O. The van der Waals surface area contributed by atoms with Crippen molar-refractivity contribution in [2.75, 3.05) is 0 Å². The Morgan fingerprint density at radius 3 is 2.60 bits per heavy atom. The number of benzene rings is 1. The fraction of sp³-hybridized carbons (Fsp3) is 0.500. The second-order valence-corrected chi connectivity index (χ2v) is 5.32. The van der Waals surface area contributed by atoms with Gasteiger partial charge in [-0.1, -0.05) is 37.6 Å². The summed E-state index contributed by atoms with van der Waals surface area (Å²) >= 11 is 0. The van der Waals surface area contributed by atoms with E-state index in [1.165, 1.54) is 16.7 Å². The third kappa shape index (κ3) is 1.83. The van der Waals surface area contributed by atoms with Crippen molar-refractivity contribution in [2.45, 2.75) is 33.6 Å². The lowest BCUT2D eigenvalue weighted by molar-refractivity contribution is -0.116. The molecule has 0 bridgehead atoms. The zero-order chi connectivity index (χ0) is 11.1. The smallest absolute Gasteiger partial charge is 0.125 e. The van der Waals surface area contributed by atoms with Crippen molar-refractivity contribution in [1.82, 2.24) is 0 Å². The number of fused-ring (bicyclic) bond motifs is 1. The van der Waals surface area contributed by atoms with Gasteiger partial charge in [0.15, 0.2) is 0 Å². The summed E-state index contributed by atoms with van der Waals surface area (Å²) in [5, 5.41) is 0. The van der Waals surface area contributed by atoms with Gasteiger partial charge in [0.2, 0.25) is 0 Å². The van der Waals surface area contributed by atoms with Crippen LogP contribution in [0.2, 0.25) is 0 Å². The minimum atomic E-state index is -0.188. The van der Waals surface area contributed by atoms with Gasteiger partial charge in [-0.05, 0) is 36.8 Å². The summed E-state index contributed by atoms with van der Waals surface area (Å²) in [4.78, 5) is 11.0. The average Bonchev–Trinajstić information content (AvgIpc) is 2.61. The predicted molar refractivity (Wildman–Crippen MR) is 61.9 cm³/mol. The molecule has 0 aliphatic heterocycles. The van der Waals surface area contributed by atoms with E-state index in [1.807, 2.05) is 13.8 Å². The van der Waals surface area contributed by atoms with Crippen LogP contribution in [0.1, 0.15) is 30.5 Å². The first kappa shape index (κ1) is 10.4. The molecule has 15 heavy (non-hydrogen) atoms. The molecule has 0 saturated heterocycles. The van der Waals surface area contributed by atoms with E-state index in [2.05, 4.69) is 25.1 Å². The highest BCUT2D eigenvalue weighted by Crippen LogP contribution is 2.37. The number of rotatable bonds is 2. The van der Waals surface area contributed by atoms with Crippen molar-refractivity contribution in [3.63, 3.8) is 0 Å². The third-order valence-electron chi connectivity index (χ3n) is 3.65. The van der Waals surface area contributed by atoms with Crippen molar-refractivity contribution >= 4 is 6.29 Å². The molecule has 0 radical (unpaired) electrons. The van der Waals surface area contributed by atoms with Crippen molar-refractivity contribution < 1.29 is 4.79 Å². The molecular weight excluding hydrogens is 184 g/mol. The van der Waals surface area contributed by atoms with Crippen LogP contribution in [0.15, 0.2) is 18.2 Å². The first-order chi connectivity index (χ1) is 7.03. The Bertz CT molecular complexity index is 390. The predicted octanol–water partition coefficient (Wildman–Crippen LogP) is 2.93. The van der Waals surface area contributed by atoms with Gasteiger partial charge in [0, 0.05) is 5.41 Å². The van der Waals surface area contributed by atoms with E-state index in [0.717, 1.165) is 19.1 Å². The molecule has 0 amide bonds. The Labute approximate surface area is 91.5 Å². The lowest BCUT2D eigenvalue weighted by atomic mass is 9.78. The first-order valence-electron chi connectivity index (χ1n) is 5.57.